The molecule has 0 aliphatic carbocycles. The van der Waals surface area contributed by atoms with Crippen LogP contribution in [-0.4, -0.2) is 19.3 Å². The molecular formula is C13H13N5O. The maximum absolute atomic E-state index is 11.7. The smallest absolute Gasteiger partial charge is 0.330 e. The third kappa shape index (κ3) is 1.74. The van der Waals surface area contributed by atoms with Gasteiger partial charge in [0.05, 0.1) is 11.9 Å². The van der Waals surface area contributed by atoms with Gasteiger partial charge in [-0.3, -0.25) is 9.25 Å². The largest absolute Gasteiger partial charge is 0.383 e. The summed E-state index contributed by atoms with van der Waals surface area (Å²) in [6, 6.07) is 7.58. The molecule has 2 heterocycles. The Morgan fingerprint density at radius 2 is 2.05 bits per heavy atom. The van der Waals surface area contributed by atoms with E-state index >= 15 is 0 Å². The van der Waals surface area contributed by atoms with Gasteiger partial charge in [-0.2, -0.15) is 5.10 Å². The molecule has 2 aromatic heterocycles. The fraction of sp³-hybridized carbons (Fsp3) is 0.0769. The summed E-state index contributed by atoms with van der Waals surface area (Å²) in [5.41, 5.74) is 8.27. The minimum atomic E-state index is -0.185. The van der Waals surface area contributed by atoms with Crippen LogP contribution in [0.3, 0.4) is 0 Å². The molecule has 0 fully saturated rings. The van der Waals surface area contributed by atoms with Gasteiger partial charge >= 0.3 is 5.69 Å². The summed E-state index contributed by atoms with van der Waals surface area (Å²) in [5, 5.41) is 4.13. The SMILES string of the molecule is Cn1ncc(-c2ccccc2-n2cc[nH]c2=O)c1N. The number of hydrogen-bond acceptors (Lipinski definition) is 3. The molecular weight excluding hydrogens is 242 g/mol. The molecule has 1 aromatic carbocycles. The third-order valence-corrected chi connectivity index (χ3v) is 3.09. The molecule has 0 saturated carbocycles. The number of para-hydroxylation sites is 1. The highest BCUT2D eigenvalue weighted by atomic mass is 16.1. The average Bonchev–Trinajstić information content (AvgIpc) is 2.98. The summed E-state index contributed by atoms with van der Waals surface area (Å²) in [6.07, 6.45) is 4.99. The average molecular weight is 255 g/mol. The number of aryl methyl sites for hydroxylation is 1. The molecule has 0 bridgehead atoms. The molecule has 0 radical (unpaired) electrons. The van der Waals surface area contributed by atoms with Crippen molar-refractivity contribution in [3.8, 4) is 16.8 Å². The number of nitrogens with one attached hydrogen (secondary N) is 1. The molecule has 0 aliphatic heterocycles. The van der Waals surface area contributed by atoms with E-state index in [0.717, 1.165) is 16.8 Å². The van der Waals surface area contributed by atoms with E-state index in [1.807, 2.05) is 24.3 Å². The van der Waals surface area contributed by atoms with E-state index in [4.69, 9.17) is 5.73 Å². The topological polar surface area (TPSA) is 81.6 Å². The van der Waals surface area contributed by atoms with Gasteiger partial charge in [-0.05, 0) is 6.07 Å². The van der Waals surface area contributed by atoms with Gasteiger partial charge in [-0.15, -0.1) is 0 Å². The molecule has 6 nitrogen and oxygen atoms in total. The van der Waals surface area contributed by atoms with Gasteiger partial charge in [-0.1, -0.05) is 18.2 Å². The Balaban J connectivity index is 2.27. The number of benzene rings is 1. The normalized spacial score (nSPS) is 10.8. The molecule has 0 aliphatic rings. The van der Waals surface area contributed by atoms with Crippen molar-refractivity contribution in [2.75, 3.05) is 5.73 Å². The van der Waals surface area contributed by atoms with E-state index in [2.05, 4.69) is 10.1 Å². The van der Waals surface area contributed by atoms with Crippen LogP contribution < -0.4 is 11.4 Å². The molecule has 0 unspecified atom stereocenters. The van der Waals surface area contributed by atoms with Crippen LogP contribution in [-0.2, 0) is 7.05 Å². The first-order valence-corrected chi connectivity index (χ1v) is 5.82. The van der Waals surface area contributed by atoms with Crippen molar-refractivity contribution in [2.45, 2.75) is 0 Å². The predicted octanol–water partition coefficient (Wildman–Crippen LogP) is 1.15. The molecule has 0 atom stereocenters. The van der Waals surface area contributed by atoms with Crippen molar-refractivity contribution in [1.29, 1.82) is 0 Å². The van der Waals surface area contributed by atoms with Crippen LogP contribution in [0.4, 0.5) is 5.82 Å². The molecule has 19 heavy (non-hydrogen) atoms. The molecule has 0 amide bonds. The Bertz CT molecular complexity index is 780. The summed E-state index contributed by atoms with van der Waals surface area (Å²) in [5.74, 6) is 0.566. The molecule has 0 saturated heterocycles. The zero-order valence-electron chi connectivity index (χ0n) is 10.4. The van der Waals surface area contributed by atoms with Crippen LogP contribution in [0.5, 0.6) is 0 Å². The Hall–Kier alpha value is -2.76. The van der Waals surface area contributed by atoms with Gasteiger partial charge in [0.1, 0.15) is 5.82 Å². The lowest BCUT2D eigenvalue weighted by atomic mass is 10.1. The van der Waals surface area contributed by atoms with Gasteiger partial charge in [0.25, 0.3) is 0 Å². The number of aromatic amines is 1. The highest BCUT2D eigenvalue weighted by Crippen LogP contribution is 2.29. The Kier molecular flexibility index (Phi) is 2.49. The Morgan fingerprint density at radius 3 is 2.68 bits per heavy atom. The predicted molar refractivity (Wildman–Crippen MR) is 73.0 cm³/mol. The highest BCUT2D eigenvalue weighted by Gasteiger charge is 2.13. The van der Waals surface area contributed by atoms with Crippen LogP contribution in [0.2, 0.25) is 0 Å². The number of nitrogens with zero attached hydrogens (tertiary/aromatic N) is 3. The number of anilines is 1. The molecule has 3 N–H and O–H groups in total. The quantitative estimate of drug-likeness (QED) is 0.720. The molecule has 0 spiro atoms. The monoisotopic (exact) mass is 255 g/mol. The van der Waals surface area contributed by atoms with E-state index in [9.17, 15) is 4.79 Å². The van der Waals surface area contributed by atoms with Crippen LogP contribution >= 0.6 is 0 Å². The highest BCUT2D eigenvalue weighted by molar-refractivity contribution is 5.79. The number of aromatic nitrogens is 4. The van der Waals surface area contributed by atoms with Gasteiger partial charge in [-0.25, -0.2) is 4.79 Å². The second-order valence-corrected chi connectivity index (χ2v) is 4.22. The van der Waals surface area contributed by atoms with Crippen molar-refractivity contribution in [1.82, 2.24) is 19.3 Å². The van der Waals surface area contributed by atoms with E-state index in [1.54, 1.807) is 34.9 Å². The summed E-state index contributed by atoms with van der Waals surface area (Å²) >= 11 is 0. The number of H-pyrrole nitrogens is 1. The van der Waals surface area contributed by atoms with Crippen LogP contribution in [0.15, 0.2) is 47.7 Å². The standard InChI is InChI=1S/C13H13N5O/c1-17-12(14)10(8-16-17)9-4-2-3-5-11(9)18-7-6-15-13(18)19/h2-8H,14H2,1H3,(H,15,19). The number of nitrogens with two attached hydrogens (primary N) is 1. The molecule has 3 rings (SSSR count). The van der Waals surface area contributed by atoms with Crippen molar-refractivity contribution >= 4 is 5.82 Å². The fourth-order valence-electron chi connectivity index (χ4n) is 2.08. The second-order valence-electron chi connectivity index (χ2n) is 4.22. The van der Waals surface area contributed by atoms with Crippen molar-refractivity contribution in [3.63, 3.8) is 0 Å². The minimum absolute atomic E-state index is 0.185. The molecule has 96 valence electrons. The number of hydrogen-bond donors (Lipinski definition) is 2. The summed E-state index contributed by atoms with van der Waals surface area (Å²) in [7, 11) is 1.78. The van der Waals surface area contributed by atoms with Crippen molar-refractivity contribution < 1.29 is 0 Å². The first kappa shape index (κ1) is 11.3. The number of rotatable bonds is 2. The van der Waals surface area contributed by atoms with E-state index in [0.29, 0.717) is 5.82 Å². The third-order valence-electron chi connectivity index (χ3n) is 3.09. The summed E-state index contributed by atoms with van der Waals surface area (Å²) in [6.45, 7) is 0. The maximum Gasteiger partial charge on any atom is 0.330 e. The van der Waals surface area contributed by atoms with Gasteiger partial charge < -0.3 is 10.7 Å². The van der Waals surface area contributed by atoms with Gasteiger partial charge in [0, 0.05) is 30.6 Å². The summed E-state index contributed by atoms with van der Waals surface area (Å²) < 4.78 is 3.15. The van der Waals surface area contributed by atoms with Crippen LogP contribution in [0.1, 0.15) is 0 Å². The van der Waals surface area contributed by atoms with Crippen molar-refractivity contribution in [3.05, 3.63) is 53.3 Å². The van der Waals surface area contributed by atoms with E-state index in [-0.39, 0.29) is 5.69 Å². The zero-order valence-corrected chi connectivity index (χ0v) is 10.4. The van der Waals surface area contributed by atoms with E-state index < -0.39 is 0 Å². The first-order valence-electron chi connectivity index (χ1n) is 5.82. The second kappa shape index (κ2) is 4.16. The van der Waals surface area contributed by atoms with Gasteiger partial charge in [0.2, 0.25) is 0 Å². The van der Waals surface area contributed by atoms with Crippen molar-refractivity contribution in [2.24, 2.45) is 7.05 Å². The lowest BCUT2D eigenvalue weighted by Crippen LogP contribution is -2.14. The zero-order chi connectivity index (χ0) is 13.4. The number of imidazole rings is 1. The minimum Gasteiger partial charge on any atom is -0.383 e. The molecule has 6 heteroatoms. The molecule has 3 aromatic rings. The maximum atomic E-state index is 11.7. The van der Waals surface area contributed by atoms with Crippen LogP contribution in [0.25, 0.3) is 16.8 Å². The van der Waals surface area contributed by atoms with Crippen LogP contribution in [0, 0.1) is 0 Å². The lowest BCUT2D eigenvalue weighted by molar-refractivity contribution is 0.779. The lowest BCUT2D eigenvalue weighted by Gasteiger charge is -2.08. The first-order chi connectivity index (χ1) is 9.18. The summed E-state index contributed by atoms with van der Waals surface area (Å²) in [4.78, 5) is 14.4. The number of nitrogen functional groups attached to an aromatic ring is 1. The Morgan fingerprint density at radius 1 is 1.26 bits per heavy atom. The fourth-order valence-corrected chi connectivity index (χ4v) is 2.08. The Labute approximate surface area is 109 Å². The van der Waals surface area contributed by atoms with Gasteiger partial charge in [0.15, 0.2) is 0 Å². The van der Waals surface area contributed by atoms with E-state index in [1.165, 1.54) is 0 Å².